The Morgan fingerprint density at radius 1 is 1.12 bits per heavy atom. The lowest BCUT2D eigenvalue weighted by Crippen LogP contribution is -2.53. The van der Waals surface area contributed by atoms with Crippen molar-refractivity contribution in [3.63, 3.8) is 0 Å². The van der Waals surface area contributed by atoms with E-state index in [4.69, 9.17) is 4.74 Å². The second-order valence-electron chi connectivity index (χ2n) is 7.28. The fourth-order valence-corrected chi connectivity index (χ4v) is 3.19. The smallest absolute Gasteiger partial charge is 0.251 e. The third-order valence-corrected chi connectivity index (χ3v) is 4.72. The summed E-state index contributed by atoms with van der Waals surface area (Å²) in [4.78, 5) is 24.5. The molecule has 0 saturated carbocycles. The van der Waals surface area contributed by atoms with Crippen LogP contribution in [-0.2, 0) is 0 Å². The Morgan fingerprint density at radius 2 is 1.85 bits per heavy atom. The van der Waals surface area contributed by atoms with Crippen LogP contribution >= 0.6 is 0 Å². The van der Waals surface area contributed by atoms with E-state index in [9.17, 15) is 14.7 Å². The first-order valence-electron chi connectivity index (χ1n) is 8.58. The second kappa shape index (κ2) is 6.57. The number of carbonyl (C=O) groups excluding carboxylic acids is 2. The number of ketones is 1. The summed E-state index contributed by atoms with van der Waals surface area (Å²) in [7, 11) is 0. The molecule has 3 rings (SSSR count). The standard InChI is InChI=1S/C21H23NO4/c1-12-6-5-7-15(10-12)20(25)22-18-16-11-14(13(2)23)8-9-17(16)26-21(3,4)19(18)24/h5-11,18-19,24H,1-4H3,(H,22,25)/t18-,19+/m0/s1. The molecule has 26 heavy (non-hydrogen) atoms. The molecule has 5 nitrogen and oxygen atoms in total. The SMILES string of the molecule is CC(=O)c1ccc2c(c1)[C@H](NC(=O)c1cccc(C)c1)[C@@H](O)C(C)(C)O2. The monoisotopic (exact) mass is 353 g/mol. The number of hydrogen-bond acceptors (Lipinski definition) is 4. The van der Waals surface area contributed by atoms with Gasteiger partial charge in [0.2, 0.25) is 0 Å². The summed E-state index contributed by atoms with van der Waals surface area (Å²) in [6.45, 7) is 6.93. The van der Waals surface area contributed by atoms with Crippen molar-refractivity contribution >= 4 is 11.7 Å². The van der Waals surface area contributed by atoms with E-state index in [1.165, 1.54) is 6.92 Å². The van der Waals surface area contributed by atoms with Gasteiger partial charge in [-0.1, -0.05) is 17.7 Å². The van der Waals surface area contributed by atoms with Crippen molar-refractivity contribution in [2.75, 3.05) is 0 Å². The van der Waals surface area contributed by atoms with Gasteiger partial charge in [-0.15, -0.1) is 0 Å². The molecular weight excluding hydrogens is 330 g/mol. The lowest BCUT2D eigenvalue weighted by Gasteiger charge is -2.42. The Kier molecular flexibility index (Phi) is 4.59. The Balaban J connectivity index is 2.00. The van der Waals surface area contributed by atoms with Gasteiger partial charge in [-0.25, -0.2) is 0 Å². The minimum atomic E-state index is -0.967. The first kappa shape index (κ1) is 18.1. The Morgan fingerprint density at radius 3 is 2.50 bits per heavy atom. The Bertz CT molecular complexity index is 872. The van der Waals surface area contributed by atoms with E-state index in [0.717, 1.165) is 5.56 Å². The minimum Gasteiger partial charge on any atom is -0.485 e. The van der Waals surface area contributed by atoms with Crippen LogP contribution in [0.3, 0.4) is 0 Å². The van der Waals surface area contributed by atoms with Gasteiger partial charge >= 0.3 is 0 Å². The molecule has 0 radical (unpaired) electrons. The zero-order valence-electron chi connectivity index (χ0n) is 15.4. The Hall–Kier alpha value is -2.66. The molecular formula is C21H23NO4. The van der Waals surface area contributed by atoms with Crippen LogP contribution in [-0.4, -0.2) is 28.5 Å². The number of hydrogen-bond donors (Lipinski definition) is 2. The molecule has 0 saturated heterocycles. The normalized spacial score (nSPS) is 20.7. The van der Waals surface area contributed by atoms with E-state index in [2.05, 4.69) is 5.32 Å². The van der Waals surface area contributed by atoms with Crippen molar-refractivity contribution in [2.24, 2.45) is 0 Å². The average Bonchev–Trinajstić information content (AvgIpc) is 2.58. The summed E-state index contributed by atoms with van der Waals surface area (Å²) >= 11 is 0. The highest BCUT2D eigenvalue weighted by atomic mass is 16.5. The minimum absolute atomic E-state index is 0.0871. The van der Waals surface area contributed by atoms with Gasteiger partial charge in [0.05, 0.1) is 6.04 Å². The van der Waals surface area contributed by atoms with Gasteiger partial charge in [-0.2, -0.15) is 0 Å². The molecule has 0 unspecified atom stereocenters. The van der Waals surface area contributed by atoms with Crippen molar-refractivity contribution in [2.45, 2.75) is 45.4 Å². The van der Waals surface area contributed by atoms with Crippen LogP contribution in [0.2, 0.25) is 0 Å². The molecule has 1 heterocycles. The average molecular weight is 353 g/mol. The highest BCUT2D eigenvalue weighted by Crippen LogP contribution is 2.40. The number of rotatable bonds is 3. The summed E-state index contributed by atoms with van der Waals surface area (Å²) in [5, 5.41) is 13.7. The van der Waals surface area contributed by atoms with Crippen molar-refractivity contribution < 1.29 is 19.4 Å². The van der Waals surface area contributed by atoms with Crippen molar-refractivity contribution in [3.8, 4) is 5.75 Å². The van der Waals surface area contributed by atoms with Gasteiger partial charge in [-0.05, 0) is 58.0 Å². The number of fused-ring (bicyclic) bond motifs is 1. The number of ether oxygens (including phenoxy) is 1. The Labute approximate surface area is 153 Å². The number of aliphatic hydroxyl groups is 1. The number of Topliss-reactive ketones (excluding diaryl/α,β-unsaturated/α-hetero) is 1. The molecule has 2 N–H and O–H groups in total. The fraction of sp³-hybridized carbons (Fsp3) is 0.333. The predicted octanol–water partition coefficient (Wildman–Crippen LogP) is 3.20. The maximum absolute atomic E-state index is 12.7. The van der Waals surface area contributed by atoms with Gasteiger partial charge in [0, 0.05) is 16.7 Å². The molecule has 0 spiro atoms. The van der Waals surface area contributed by atoms with Gasteiger partial charge in [-0.3, -0.25) is 9.59 Å². The van der Waals surface area contributed by atoms with Crippen LogP contribution < -0.4 is 10.1 Å². The molecule has 0 aliphatic carbocycles. The fourth-order valence-electron chi connectivity index (χ4n) is 3.19. The van der Waals surface area contributed by atoms with Gasteiger partial charge in [0.25, 0.3) is 5.91 Å². The summed E-state index contributed by atoms with van der Waals surface area (Å²) in [5.74, 6) is 0.186. The molecule has 1 aliphatic heterocycles. The molecule has 0 aromatic heterocycles. The van der Waals surface area contributed by atoms with Crippen LogP contribution in [0.4, 0.5) is 0 Å². The van der Waals surface area contributed by atoms with Crippen LogP contribution in [0.15, 0.2) is 42.5 Å². The third-order valence-electron chi connectivity index (χ3n) is 4.72. The molecule has 2 atom stereocenters. The maximum atomic E-state index is 12.7. The number of nitrogens with one attached hydrogen (secondary N) is 1. The zero-order chi connectivity index (χ0) is 19.1. The predicted molar refractivity (Wildman–Crippen MR) is 98.5 cm³/mol. The number of amides is 1. The number of carbonyl (C=O) groups is 2. The van der Waals surface area contributed by atoms with Crippen LogP contribution in [0.25, 0.3) is 0 Å². The largest absolute Gasteiger partial charge is 0.485 e. The number of aryl methyl sites for hydroxylation is 1. The first-order chi connectivity index (χ1) is 12.2. The quantitative estimate of drug-likeness (QED) is 0.831. The molecule has 2 aromatic rings. The molecule has 1 amide bonds. The second-order valence-corrected chi connectivity index (χ2v) is 7.28. The summed E-state index contributed by atoms with van der Waals surface area (Å²) < 4.78 is 5.89. The highest BCUT2D eigenvalue weighted by molar-refractivity contribution is 5.96. The van der Waals surface area contributed by atoms with E-state index in [0.29, 0.717) is 22.4 Å². The van der Waals surface area contributed by atoms with Crippen molar-refractivity contribution in [1.29, 1.82) is 0 Å². The van der Waals surface area contributed by atoms with Gasteiger partial charge < -0.3 is 15.2 Å². The van der Waals surface area contributed by atoms with Crippen LogP contribution in [0.1, 0.15) is 58.7 Å². The van der Waals surface area contributed by atoms with E-state index in [1.54, 1.807) is 44.2 Å². The maximum Gasteiger partial charge on any atom is 0.251 e. The van der Waals surface area contributed by atoms with E-state index in [-0.39, 0.29) is 11.7 Å². The van der Waals surface area contributed by atoms with Gasteiger partial charge in [0.1, 0.15) is 17.5 Å². The summed E-state index contributed by atoms with van der Waals surface area (Å²) in [5.41, 5.74) is 1.73. The molecule has 5 heteroatoms. The molecule has 0 bridgehead atoms. The summed E-state index contributed by atoms with van der Waals surface area (Å²) in [6.07, 6.45) is -0.967. The van der Waals surface area contributed by atoms with Gasteiger partial charge in [0.15, 0.2) is 5.78 Å². The molecule has 1 aliphatic rings. The van der Waals surface area contributed by atoms with Crippen molar-refractivity contribution in [1.82, 2.24) is 5.32 Å². The molecule has 0 fully saturated rings. The highest BCUT2D eigenvalue weighted by Gasteiger charge is 2.43. The molecule has 2 aromatic carbocycles. The third kappa shape index (κ3) is 3.35. The lowest BCUT2D eigenvalue weighted by molar-refractivity contribution is -0.0627. The van der Waals surface area contributed by atoms with Crippen molar-refractivity contribution in [3.05, 3.63) is 64.7 Å². The first-order valence-corrected chi connectivity index (χ1v) is 8.58. The van der Waals surface area contributed by atoms with Crippen LogP contribution in [0.5, 0.6) is 5.75 Å². The van der Waals surface area contributed by atoms with E-state index >= 15 is 0 Å². The number of aliphatic hydroxyl groups excluding tert-OH is 1. The zero-order valence-corrected chi connectivity index (χ0v) is 15.4. The van der Waals surface area contributed by atoms with E-state index in [1.807, 2.05) is 19.1 Å². The summed E-state index contributed by atoms with van der Waals surface area (Å²) in [6, 6.07) is 11.7. The number of benzene rings is 2. The van der Waals surface area contributed by atoms with Crippen LogP contribution in [0, 0.1) is 6.92 Å². The molecule has 136 valence electrons. The van der Waals surface area contributed by atoms with E-state index < -0.39 is 17.7 Å². The topological polar surface area (TPSA) is 75.6 Å². The lowest BCUT2D eigenvalue weighted by atomic mass is 9.85.